The summed E-state index contributed by atoms with van der Waals surface area (Å²) in [6.45, 7) is 2.60. The first-order chi connectivity index (χ1) is 8.13. The second kappa shape index (κ2) is 7.17. The Labute approximate surface area is 107 Å². The number of hydrogen-bond donors (Lipinski definition) is 1. The Morgan fingerprint density at radius 1 is 1.53 bits per heavy atom. The maximum atomic E-state index is 11.8. The molecule has 0 aliphatic carbocycles. The lowest BCUT2D eigenvalue weighted by Crippen LogP contribution is -2.24. The van der Waals surface area contributed by atoms with Crippen LogP contribution >= 0.6 is 11.6 Å². The van der Waals surface area contributed by atoms with E-state index in [1.165, 1.54) is 0 Å². The van der Waals surface area contributed by atoms with E-state index in [0.717, 1.165) is 12.8 Å². The molecule has 1 rings (SSSR count). The molecule has 0 aromatic heterocycles. The number of nitrogens with one attached hydrogen (secondary N) is 1. The third-order valence-electron chi connectivity index (χ3n) is 2.40. The first-order valence-electron chi connectivity index (χ1n) is 5.70. The first-order valence-corrected chi connectivity index (χ1v) is 6.13. The van der Waals surface area contributed by atoms with Gasteiger partial charge in [-0.2, -0.15) is 0 Å². The fourth-order valence-corrected chi connectivity index (χ4v) is 1.61. The molecule has 1 unspecified atom stereocenters. The topological polar surface area (TPSA) is 38.3 Å². The fourth-order valence-electron chi connectivity index (χ4n) is 1.45. The van der Waals surface area contributed by atoms with E-state index in [2.05, 4.69) is 5.32 Å². The van der Waals surface area contributed by atoms with Crippen LogP contribution in [0, 0.1) is 0 Å². The number of carbonyl (C=O) groups is 1. The molecule has 1 aromatic carbocycles. The van der Waals surface area contributed by atoms with Gasteiger partial charge in [0.1, 0.15) is 5.75 Å². The molecule has 0 radical (unpaired) electrons. The van der Waals surface area contributed by atoms with Gasteiger partial charge in [0.25, 0.3) is 5.91 Å². The van der Waals surface area contributed by atoms with E-state index >= 15 is 0 Å². The molecule has 1 amide bonds. The van der Waals surface area contributed by atoms with Gasteiger partial charge in [-0.15, -0.1) is 11.6 Å². The molecule has 1 aromatic rings. The highest BCUT2D eigenvalue weighted by atomic mass is 35.5. The van der Waals surface area contributed by atoms with Crippen molar-refractivity contribution in [3.8, 4) is 5.75 Å². The second-order valence-corrected chi connectivity index (χ2v) is 4.66. The molecule has 0 heterocycles. The Morgan fingerprint density at radius 2 is 2.29 bits per heavy atom. The average molecular weight is 256 g/mol. The molecule has 0 fully saturated rings. The number of rotatable bonds is 6. The van der Waals surface area contributed by atoms with Crippen molar-refractivity contribution in [2.24, 2.45) is 0 Å². The summed E-state index contributed by atoms with van der Waals surface area (Å²) in [7, 11) is 1.58. The molecule has 94 valence electrons. The van der Waals surface area contributed by atoms with Crippen molar-refractivity contribution in [2.75, 3.05) is 13.7 Å². The van der Waals surface area contributed by atoms with Crippen LogP contribution in [-0.2, 0) is 0 Å². The molecule has 0 spiro atoms. The molecular formula is C13H18ClNO2. The molecule has 1 N–H and O–H groups in total. The van der Waals surface area contributed by atoms with Gasteiger partial charge in [0.05, 0.1) is 7.11 Å². The summed E-state index contributed by atoms with van der Waals surface area (Å²) in [4.78, 5) is 11.8. The third-order valence-corrected chi connectivity index (χ3v) is 2.61. The summed E-state index contributed by atoms with van der Waals surface area (Å²) in [6.07, 6.45) is 1.79. The molecule has 4 heteroatoms. The normalized spacial score (nSPS) is 11.9. The lowest BCUT2D eigenvalue weighted by molar-refractivity contribution is 0.0952. The highest BCUT2D eigenvalue weighted by molar-refractivity contribution is 6.20. The number of methoxy groups -OCH3 is 1. The van der Waals surface area contributed by atoms with E-state index in [-0.39, 0.29) is 11.3 Å². The van der Waals surface area contributed by atoms with E-state index in [0.29, 0.717) is 17.9 Å². The van der Waals surface area contributed by atoms with Gasteiger partial charge < -0.3 is 10.1 Å². The minimum absolute atomic E-state index is 0.0777. The van der Waals surface area contributed by atoms with Crippen LogP contribution in [0.25, 0.3) is 0 Å². The van der Waals surface area contributed by atoms with Crippen molar-refractivity contribution < 1.29 is 9.53 Å². The summed E-state index contributed by atoms with van der Waals surface area (Å²) in [5, 5.41) is 3.01. The number of halogens is 1. The molecule has 1 atom stereocenters. The molecule has 0 saturated heterocycles. The maximum Gasteiger partial charge on any atom is 0.251 e. The summed E-state index contributed by atoms with van der Waals surface area (Å²) in [6, 6.07) is 7.10. The van der Waals surface area contributed by atoms with Gasteiger partial charge >= 0.3 is 0 Å². The van der Waals surface area contributed by atoms with Gasteiger partial charge in [0, 0.05) is 17.5 Å². The standard InChI is InChI=1S/C13H18ClNO2/c1-10(14)5-4-8-15-13(16)11-6-3-7-12(9-11)17-2/h3,6-7,9-10H,4-5,8H2,1-2H3,(H,15,16). The van der Waals surface area contributed by atoms with E-state index in [9.17, 15) is 4.79 Å². The lowest BCUT2D eigenvalue weighted by Gasteiger charge is -2.07. The van der Waals surface area contributed by atoms with Gasteiger partial charge in [-0.3, -0.25) is 4.79 Å². The zero-order chi connectivity index (χ0) is 12.7. The number of ether oxygens (including phenoxy) is 1. The van der Waals surface area contributed by atoms with E-state index < -0.39 is 0 Å². The monoisotopic (exact) mass is 255 g/mol. The van der Waals surface area contributed by atoms with Crippen LogP contribution < -0.4 is 10.1 Å². The van der Waals surface area contributed by atoms with Crippen molar-refractivity contribution in [1.29, 1.82) is 0 Å². The van der Waals surface area contributed by atoms with Crippen LogP contribution in [-0.4, -0.2) is 24.9 Å². The molecule has 0 aliphatic heterocycles. The average Bonchev–Trinajstić information content (AvgIpc) is 2.34. The maximum absolute atomic E-state index is 11.8. The molecule has 0 bridgehead atoms. The van der Waals surface area contributed by atoms with Gasteiger partial charge in [0.15, 0.2) is 0 Å². The highest BCUT2D eigenvalue weighted by Gasteiger charge is 2.05. The number of alkyl halides is 1. The first kappa shape index (κ1) is 13.8. The highest BCUT2D eigenvalue weighted by Crippen LogP contribution is 2.12. The Morgan fingerprint density at radius 3 is 2.94 bits per heavy atom. The van der Waals surface area contributed by atoms with Crippen molar-refractivity contribution >= 4 is 17.5 Å². The van der Waals surface area contributed by atoms with Crippen molar-refractivity contribution in [3.05, 3.63) is 29.8 Å². The zero-order valence-corrected chi connectivity index (χ0v) is 11.0. The number of amides is 1. The fraction of sp³-hybridized carbons (Fsp3) is 0.462. The summed E-state index contributed by atoms with van der Waals surface area (Å²) < 4.78 is 5.06. The minimum Gasteiger partial charge on any atom is -0.497 e. The van der Waals surface area contributed by atoms with Crippen LogP contribution in [0.4, 0.5) is 0 Å². The van der Waals surface area contributed by atoms with Crippen molar-refractivity contribution in [2.45, 2.75) is 25.1 Å². The third kappa shape index (κ3) is 5.09. The van der Waals surface area contributed by atoms with E-state index in [1.807, 2.05) is 13.0 Å². The lowest BCUT2D eigenvalue weighted by atomic mass is 10.2. The Balaban J connectivity index is 2.41. The number of benzene rings is 1. The van der Waals surface area contributed by atoms with Gasteiger partial charge in [0.2, 0.25) is 0 Å². The quantitative estimate of drug-likeness (QED) is 0.627. The molecule has 3 nitrogen and oxygen atoms in total. The predicted octanol–water partition coefficient (Wildman–Crippen LogP) is 2.83. The van der Waals surface area contributed by atoms with Gasteiger partial charge in [-0.25, -0.2) is 0 Å². The Bertz CT molecular complexity index is 366. The van der Waals surface area contributed by atoms with Crippen LogP contribution in [0.3, 0.4) is 0 Å². The summed E-state index contributed by atoms with van der Waals surface area (Å²) in [5.41, 5.74) is 0.614. The largest absolute Gasteiger partial charge is 0.497 e. The van der Waals surface area contributed by atoms with Crippen LogP contribution in [0.2, 0.25) is 0 Å². The van der Waals surface area contributed by atoms with Crippen molar-refractivity contribution in [1.82, 2.24) is 5.32 Å². The predicted molar refractivity (Wildman–Crippen MR) is 69.9 cm³/mol. The van der Waals surface area contributed by atoms with Crippen molar-refractivity contribution in [3.63, 3.8) is 0 Å². The summed E-state index contributed by atoms with van der Waals surface area (Å²) in [5.74, 6) is 0.609. The van der Waals surface area contributed by atoms with E-state index in [4.69, 9.17) is 16.3 Å². The molecule has 0 saturated carbocycles. The summed E-state index contributed by atoms with van der Waals surface area (Å²) >= 11 is 5.82. The minimum atomic E-state index is -0.0777. The van der Waals surface area contributed by atoms with Gasteiger partial charge in [-0.1, -0.05) is 6.07 Å². The second-order valence-electron chi connectivity index (χ2n) is 3.91. The Kier molecular flexibility index (Phi) is 5.84. The van der Waals surface area contributed by atoms with Crippen LogP contribution in [0.1, 0.15) is 30.1 Å². The Hall–Kier alpha value is -1.22. The SMILES string of the molecule is COc1cccc(C(=O)NCCCC(C)Cl)c1. The number of hydrogen-bond acceptors (Lipinski definition) is 2. The number of carbonyl (C=O) groups excluding carboxylic acids is 1. The molecule has 0 aliphatic rings. The molecular weight excluding hydrogens is 238 g/mol. The smallest absolute Gasteiger partial charge is 0.251 e. The van der Waals surface area contributed by atoms with E-state index in [1.54, 1.807) is 25.3 Å². The zero-order valence-electron chi connectivity index (χ0n) is 10.2. The molecule has 17 heavy (non-hydrogen) atoms. The van der Waals surface area contributed by atoms with Crippen LogP contribution in [0.15, 0.2) is 24.3 Å². The van der Waals surface area contributed by atoms with Crippen LogP contribution in [0.5, 0.6) is 5.75 Å². The van der Waals surface area contributed by atoms with Gasteiger partial charge in [-0.05, 0) is 38.0 Å².